The Kier molecular flexibility index (Phi) is 46.3. The first-order valence-electron chi connectivity index (χ1n) is 26.0. The Morgan fingerprint density at radius 1 is 0.344 bits per heavy atom. The summed E-state index contributed by atoms with van der Waals surface area (Å²) in [6.45, 7) is 6.72. The van der Waals surface area contributed by atoms with Gasteiger partial charge in [0.05, 0.1) is 7.11 Å². The van der Waals surface area contributed by atoms with Crippen molar-refractivity contribution < 1.29 is 28.6 Å². The van der Waals surface area contributed by atoms with Crippen LogP contribution in [0, 0.1) is 0 Å². The van der Waals surface area contributed by atoms with Crippen molar-refractivity contribution in [1.29, 1.82) is 0 Å². The third-order valence-electron chi connectivity index (χ3n) is 11.6. The number of hydrogen-bond donors (Lipinski definition) is 0. The van der Waals surface area contributed by atoms with Crippen molar-refractivity contribution in [2.24, 2.45) is 0 Å². The van der Waals surface area contributed by atoms with Crippen molar-refractivity contribution in [3.8, 4) is 0 Å². The van der Waals surface area contributed by atoms with Gasteiger partial charge in [0.2, 0.25) is 0 Å². The highest BCUT2D eigenvalue weighted by Crippen LogP contribution is 2.23. The molecule has 0 aromatic carbocycles. The van der Waals surface area contributed by atoms with Crippen LogP contribution in [0.15, 0.2) is 48.6 Å². The van der Waals surface area contributed by atoms with Gasteiger partial charge in [-0.2, -0.15) is 0 Å². The lowest BCUT2D eigenvalue weighted by molar-refractivity contribution is -0.169. The van der Waals surface area contributed by atoms with Gasteiger partial charge in [0.1, 0.15) is 12.2 Å². The summed E-state index contributed by atoms with van der Waals surface area (Å²) >= 11 is 0. The molecule has 0 radical (unpaired) electrons. The molecule has 61 heavy (non-hydrogen) atoms. The van der Waals surface area contributed by atoms with Gasteiger partial charge in [-0.1, -0.05) is 185 Å². The lowest BCUT2D eigenvalue weighted by atomic mass is 9.99. The lowest BCUT2D eigenvalue weighted by Crippen LogP contribution is -2.35. The maximum Gasteiger partial charge on any atom is 0.306 e. The van der Waals surface area contributed by atoms with Gasteiger partial charge in [-0.15, -0.1) is 0 Å². The maximum atomic E-state index is 13.3. The van der Waals surface area contributed by atoms with E-state index in [-0.39, 0.29) is 17.9 Å². The number of methoxy groups -OCH3 is 1. The van der Waals surface area contributed by atoms with Crippen LogP contribution >= 0.6 is 0 Å². The summed E-state index contributed by atoms with van der Waals surface area (Å²) in [5.41, 5.74) is 0. The molecule has 0 heterocycles. The third-order valence-corrected chi connectivity index (χ3v) is 11.6. The van der Waals surface area contributed by atoms with E-state index in [2.05, 4.69) is 69.4 Å². The van der Waals surface area contributed by atoms with Crippen LogP contribution in [0.2, 0.25) is 0 Å². The van der Waals surface area contributed by atoms with E-state index < -0.39 is 12.2 Å². The average Bonchev–Trinajstić information content (AvgIpc) is 3.26. The van der Waals surface area contributed by atoms with E-state index in [1.807, 2.05) is 0 Å². The van der Waals surface area contributed by atoms with E-state index in [9.17, 15) is 14.4 Å². The Morgan fingerprint density at radius 2 is 0.623 bits per heavy atom. The minimum absolute atomic E-state index is 0.153. The molecule has 0 saturated heterocycles. The zero-order valence-corrected chi connectivity index (χ0v) is 40.6. The van der Waals surface area contributed by atoms with Crippen molar-refractivity contribution in [2.75, 3.05) is 7.11 Å². The number of rotatable bonds is 46. The summed E-state index contributed by atoms with van der Waals surface area (Å²) in [6, 6.07) is 0. The Hall–Kier alpha value is -2.63. The predicted molar refractivity (Wildman–Crippen MR) is 261 cm³/mol. The molecular weight excluding hydrogens is 757 g/mol. The largest absolute Gasteiger partial charge is 0.469 e. The quantitative estimate of drug-likeness (QED) is 0.0263. The molecule has 0 fully saturated rings. The monoisotopic (exact) mass is 855 g/mol. The lowest BCUT2D eigenvalue weighted by Gasteiger charge is -2.27. The molecular formula is C55H98O6. The van der Waals surface area contributed by atoms with E-state index in [0.717, 1.165) is 116 Å². The summed E-state index contributed by atoms with van der Waals surface area (Å²) in [4.78, 5) is 38.1. The second-order valence-electron chi connectivity index (χ2n) is 17.5. The van der Waals surface area contributed by atoms with Crippen molar-refractivity contribution in [3.05, 3.63) is 48.6 Å². The van der Waals surface area contributed by atoms with Crippen molar-refractivity contribution in [3.63, 3.8) is 0 Å². The summed E-state index contributed by atoms with van der Waals surface area (Å²) in [7, 11) is 1.44. The van der Waals surface area contributed by atoms with Crippen molar-refractivity contribution in [1.82, 2.24) is 0 Å². The highest BCUT2D eigenvalue weighted by atomic mass is 16.6. The van der Waals surface area contributed by atoms with Crippen LogP contribution in [0.3, 0.4) is 0 Å². The summed E-state index contributed by atoms with van der Waals surface area (Å²) in [5.74, 6) is -0.471. The molecule has 0 aliphatic rings. The van der Waals surface area contributed by atoms with Gasteiger partial charge in [-0.25, -0.2) is 0 Å². The van der Waals surface area contributed by atoms with Crippen LogP contribution in [0.25, 0.3) is 0 Å². The molecule has 0 unspecified atom stereocenters. The number of unbranched alkanes of at least 4 members (excludes halogenated alkanes) is 25. The molecule has 0 amide bonds. The van der Waals surface area contributed by atoms with E-state index >= 15 is 0 Å². The van der Waals surface area contributed by atoms with Gasteiger partial charge in [0, 0.05) is 19.3 Å². The van der Waals surface area contributed by atoms with Gasteiger partial charge >= 0.3 is 17.9 Å². The molecule has 6 heteroatoms. The number of esters is 3. The molecule has 2 atom stereocenters. The average molecular weight is 855 g/mol. The summed E-state index contributed by atoms with van der Waals surface area (Å²) < 4.78 is 17.3. The van der Waals surface area contributed by atoms with E-state index in [0.29, 0.717) is 25.7 Å². The minimum atomic E-state index is -0.412. The van der Waals surface area contributed by atoms with Crippen LogP contribution in [-0.2, 0) is 28.6 Å². The SMILES string of the molecule is CCCCC/C=C\C/C=C\CCCCCCCC(=O)O[C@@H](CCCCCCCC)[C@@H](CCCCCCCC(=O)OC)OC(=O)CCCCCCC/C=C\C/C=C\CCCCC. The Morgan fingerprint density at radius 3 is 0.984 bits per heavy atom. The Bertz CT molecular complexity index is 1090. The normalized spacial score (nSPS) is 12.9. The van der Waals surface area contributed by atoms with Gasteiger partial charge < -0.3 is 14.2 Å². The molecule has 0 N–H and O–H groups in total. The molecule has 0 aromatic heterocycles. The second-order valence-corrected chi connectivity index (χ2v) is 17.5. The van der Waals surface area contributed by atoms with E-state index in [4.69, 9.17) is 14.2 Å². The van der Waals surface area contributed by atoms with Gasteiger partial charge in [-0.05, 0) is 109 Å². The first-order valence-corrected chi connectivity index (χ1v) is 26.0. The standard InChI is InChI=1S/C55H98O6/c1-5-8-11-14-17-19-21-23-25-27-29-31-33-38-44-49-54(57)60-51(46-41-36-16-13-10-7-3)52(47-42-37-35-40-43-48-53(56)59-4)61-55(58)50-45-39-34-32-30-28-26-24-22-20-18-15-12-9-6-2/h17-20,23-26,51-52H,5-16,21-22,27-50H2,1-4H3/b19-17-,20-18-,25-23-,26-24-/t51-,52+/m0/s1. The Balaban J connectivity index is 4.99. The topological polar surface area (TPSA) is 78.9 Å². The van der Waals surface area contributed by atoms with Gasteiger partial charge in [-0.3, -0.25) is 14.4 Å². The molecule has 0 aliphatic carbocycles. The maximum absolute atomic E-state index is 13.3. The summed E-state index contributed by atoms with van der Waals surface area (Å²) in [5, 5.41) is 0. The fourth-order valence-electron chi connectivity index (χ4n) is 7.63. The second kappa shape index (κ2) is 48.4. The molecule has 6 nitrogen and oxygen atoms in total. The summed E-state index contributed by atoms with van der Waals surface area (Å²) in [6.07, 6.45) is 57.1. The molecule has 0 spiro atoms. The number of hydrogen-bond acceptors (Lipinski definition) is 6. The Labute approximate surface area is 378 Å². The molecule has 354 valence electrons. The predicted octanol–water partition coefficient (Wildman–Crippen LogP) is 17.1. The van der Waals surface area contributed by atoms with Gasteiger partial charge in [0.25, 0.3) is 0 Å². The van der Waals surface area contributed by atoms with Crippen LogP contribution in [0.4, 0.5) is 0 Å². The number of ether oxygens (including phenoxy) is 3. The van der Waals surface area contributed by atoms with Crippen molar-refractivity contribution in [2.45, 2.75) is 277 Å². The molecule has 0 aromatic rings. The van der Waals surface area contributed by atoms with Crippen LogP contribution < -0.4 is 0 Å². The number of allylic oxidation sites excluding steroid dienone is 8. The third kappa shape index (κ3) is 43.8. The molecule has 0 aliphatic heterocycles. The van der Waals surface area contributed by atoms with Crippen LogP contribution in [0.5, 0.6) is 0 Å². The zero-order valence-electron chi connectivity index (χ0n) is 40.6. The van der Waals surface area contributed by atoms with E-state index in [1.165, 1.54) is 110 Å². The van der Waals surface area contributed by atoms with Crippen molar-refractivity contribution >= 4 is 17.9 Å². The number of carbonyl (C=O) groups excluding carboxylic acids is 3. The highest BCUT2D eigenvalue weighted by Gasteiger charge is 2.28. The molecule has 0 saturated carbocycles. The zero-order chi connectivity index (χ0) is 44.5. The van der Waals surface area contributed by atoms with E-state index in [1.54, 1.807) is 0 Å². The fourth-order valence-corrected chi connectivity index (χ4v) is 7.63. The van der Waals surface area contributed by atoms with Gasteiger partial charge in [0.15, 0.2) is 0 Å². The molecule has 0 rings (SSSR count). The minimum Gasteiger partial charge on any atom is -0.469 e. The smallest absolute Gasteiger partial charge is 0.306 e. The van der Waals surface area contributed by atoms with Crippen LogP contribution in [-0.4, -0.2) is 37.2 Å². The molecule has 0 bridgehead atoms. The fraction of sp³-hybridized carbons (Fsp3) is 0.800. The number of carbonyl (C=O) groups is 3. The first kappa shape index (κ1) is 58.4. The highest BCUT2D eigenvalue weighted by molar-refractivity contribution is 5.70. The van der Waals surface area contributed by atoms with Crippen LogP contribution in [0.1, 0.15) is 265 Å². The first-order chi connectivity index (χ1) is 30.0.